The molecule has 0 amide bonds. The van der Waals surface area contributed by atoms with Gasteiger partial charge in [0, 0.05) is 6.07 Å². The molecule has 0 saturated heterocycles. The highest BCUT2D eigenvalue weighted by Crippen LogP contribution is 2.24. The lowest BCUT2D eigenvalue weighted by Crippen LogP contribution is -2.23. The van der Waals surface area contributed by atoms with E-state index in [-0.39, 0.29) is 11.4 Å². The molecule has 0 spiro atoms. The lowest BCUT2D eigenvalue weighted by Gasteiger charge is -2.12. The van der Waals surface area contributed by atoms with Gasteiger partial charge in [-0.25, -0.2) is 4.79 Å². The second kappa shape index (κ2) is 4.61. The standard InChI is InChI=1S/C10H11NO5/c1-6-3-4-8(11(14)15)5-9(6)16-7(2)10(12)13/h3-5,7H,1-2H3,(H,12,13)/t7-/m1/s1. The van der Waals surface area contributed by atoms with Crippen LogP contribution in [0.1, 0.15) is 12.5 Å². The van der Waals surface area contributed by atoms with Gasteiger partial charge in [0.15, 0.2) is 6.10 Å². The third kappa shape index (κ3) is 2.69. The van der Waals surface area contributed by atoms with Gasteiger partial charge in [-0.3, -0.25) is 10.1 Å². The number of carboxylic acid groups (broad SMARTS) is 1. The molecule has 86 valence electrons. The van der Waals surface area contributed by atoms with Crippen LogP contribution >= 0.6 is 0 Å². The zero-order valence-electron chi connectivity index (χ0n) is 8.84. The summed E-state index contributed by atoms with van der Waals surface area (Å²) in [6.45, 7) is 3.05. The molecule has 0 aromatic heterocycles. The van der Waals surface area contributed by atoms with Crippen molar-refractivity contribution >= 4 is 11.7 Å². The number of hydrogen-bond acceptors (Lipinski definition) is 4. The number of aryl methyl sites for hydroxylation is 1. The van der Waals surface area contributed by atoms with Crippen molar-refractivity contribution in [3.63, 3.8) is 0 Å². The second-order valence-corrected chi connectivity index (χ2v) is 3.31. The van der Waals surface area contributed by atoms with Gasteiger partial charge in [-0.15, -0.1) is 0 Å². The van der Waals surface area contributed by atoms with Gasteiger partial charge < -0.3 is 9.84 Å². The highest BCUT2D eigenvalue weighted by atomic mass is 16.6. The summed E-state index contributed by atoms with van der Waals surface area (Å²) in [6, 6.07) is 4.07. The van der Waals surface area contributed by atoms with Gasteiger partial charge in [0.1, 0.15) is 5.75 Å². The molecule has 0 radical (unpaired) electrons. The molecule has 1 aromatic rings. The lowest BCUT2D eigenvalue weighted by molar-refractivity contribution is -0.385. The molecule has 1 atom stereocenters. The SMILES string of the molecule is Cc1ccc([N+](=O)[O-])cc1O[C@H](C)C(=O)O. The average Bonchev–Trinajstić information content (AvgIpc) is 2.20. The third-order valence-electron chi connectivity index (χ3n) is 2.03. The molecule has 1 rings (SSSR count). The summed E-state index contributed by atoms with van der Waals surface area (Å²) in [5.74, 6) is -0.907. The summed E-state index contributed by atoms with van der Waals surface area (Å²) in [6.07, 6.45) is -1.04. The number of nitrogens with zero attached hydrogens (tertiary/aromatic N) is 1. The predicted octanol–water partition coefficient (Wildman–Crippen LogP) is 1.76. The van der Waals surface area contributed by atoms with Crippen molar-refractivity contribution in [3.8, 4) is 5.75 Å². The molecule has 0 unspecified atom stereocenters. The average molecular weight is 225 g/mol. The van der Waals surface area contributed by atoms with Gasteiger partial charge in [-0.1, -0.05) is 0 Å². The van der Waals surface area contributed by atoms with Crippen LogP contribution in [0.3, 0.4) is 0 Å². The van der Waals surface area contributed by atoms with Crippen molar-refractivity contribution in [2.45, 2.75) is 20.0 Å². The largest absolute Gasteiger partial charge is 0.479 e. The van der Waals surface area contributed by atoms with Gasteiger partial charge in [0.05, 0.1) is 11.0 Å². The molecule has 1 N–H and O–H groups in total. The second-order valence-electron chi connectivity index (χ2n) is 3.31. The van der Waals surface area contributed by atoms with E-state index in [2.05, 4.69) is 0 Å². The van der Waals surface area contributed by atoms with Gasteiger partial charge >= 0.3 is 5.97 Å². The van der Waals surface area contributed by atoms with Crippen molar-refractivity contribution in [1.82, 2.24) is 0 Å². The molecule has 6 heteroatoms. The Bertz CT molecular complexity index is 429. The summed E-state index contributed by atoms with van der Waals surface area (Å²) >= 11 is 0. The summed E-state index contributed by atoms with van der Waals surface area (Å²) in [5.41, 5.74) is 0.525. The first-order valence-corrected chi connectivity index (χ1v) is 4.56. The van der Waals surface area contributed by atoms with Crippen molar-refractivity contribution in [2.75, 3.05) is 0 Å². The van der Waals surface area contributed by atoms with Crippen molar-refractivity contribution in [1.29, 1.82) is 0 Å². The van der Waals surface area contributed by atoms with Crippen molar-refractivity contribution in [2.24, 2.45) is 0 Å². The molecule has 1 aromatic carbocycles. The Balaban J connectivity index is 2.98. The van der Waals surface area contributed by atoms with Gasteiger partial charge in [0.2, 0.25) is 0 Å². The van der Waals surface area contributed by atoms with Crippen LogP contribution in [0.4, 0.5) is 5.69 Å². The first kappa shape index (κ1) is 12.0. The van der Waals surface area contributed by atoms with Crippen LogP contribution in [-0.2, 0) is 4.79 Å². The van der Waals surface area contributed by atoms with Gasteiger partial charge in [-0.2, -0.15) is 0 Å². The van der Waals surface area contributed by atoms with E-state index >= 15 is 0 Å². The lowest BCUT2D eigenvalue weighted by atomic mass is 10.2. The Labute approximate surface area is 91.6 Å². The Morgan fingerprint density at radius 1 is 1.56 bits per heavy atom. The summed E-state index contributed by atoms with van der Waals surface area (Å²) < 4.78 is 5.09. The molecular formula is C10H11NO5. The maximum absolute atomic E-state index is 10.6. The van der Waals surface area contributed by atoms with E-state index in [4.69, 9.17) is 9.84 Å². The first-order valence-electron chi connectivity index (χ1n) is 4.56. The van der Waals surface area contributed by atoms with Gasteiger partial charge in [0.25, 0.3) is 5.69 Å². The summed E-state index contributed by atoms with van der Waals surface area (Å²) in [4.78, 5) is 20.5. The maximum Gasteiger partial charge on any atom is 0.344 e. The molecular weight excluding hydrogens is 214 g/mol. The molecule has 0 saturated carbocycles. The van der Waals surface area contributed by atoms with E-state index in [1.165, 1.54) is 25.1 Å². The smallest absolute Gasteiger partial charge is 0.344 e. The van der Waals surface area contributed by atoms with Crippen LogP contribution in [0.25, 0.3) is 0 Å². The van der Waals surface area contributed by atoms with Crippen molar-refractivity contribution in [3.05, 3.63) is 33.9 Å². The Hall–Kier alpha value is -2.11. The van der Waals surface area contributed by atoms with E-state index in [1.54, 1.807) is 6.92 Å². The van der Waals surface area contributed by atoms with Crippen LogP contribution in [-0.4, -0.2) is 22.1 Å². The summed E-state index contributed by atoms with van der Waals surface area (Å²) in [7, 11) is 0. The number of benzene rings is 1. The molecule has 0 aliphatic rings. The van der Waals surface area contributed by atoms with Crippen LogP contribution in [0.15, 0.2) is 18.2 Å². The molecule has 0 aliphatic heterocycles. The molecule has 0 bridgehead atoms. The quantitative estimate of drug-likeness (QED) is 0.622. The van der Waals surface area contributed by atoms with E-state index in [9.17, 15) is 14.9 Å². The summed E-state index contributed by atoms with van der Waals surface area (Å²) in [5, 5.41) is 19.2. The van der Waals surface area contributed by atoms with Crippen LogP contribution in [0, 0.1) is 17.0 Å². The third-order valence-corrected chi connectivity index (χ3v) is 2.03. The normalized spacial score (nSPS) is 11.9. The Morgan fingerprint density at radius 2 is 2.19 bits per heavy atom. The molecule has 0 aliphatic carbocycles. The van der Waals surface area contributed by atoms with E-state index in [1.807, 2.05) is 0 Å². The topological polar surface area (TPSA) is 89.7 Å². The number of rotatable bonds is 4. The minimum Gasteiger partial charge on any atom is -0.479 e. The minimum absolute atomic E-state index is 0.127. The Kier molecular flexibility index (Phi) is 3.44. The molecule has 0 heterocycles. The van der Waals surface area contributed by atoms with Crippen LogP contribution < -0.4 is 4.74 Å². The fourth-order valence-corrected chi connectivity index (χ4v) is 1.07. The first-order chi connectivity index (χ1) is 7.41. The zero-order valence-corrected chi connectivity index (χ0v) is 8.84. The number of carboxylic acids is 1. The molecule has 0 fully saturated rings. The predicted molar refractivity (Wildman–Crippen MR) is 55.6 cm³/mol. The highest BCUT2D eigenvalue weighted by molar-refractivity contribution is 5.72. The molecule has 6 nitrogen and oxygen atoms in total. The number of nitro benzene ring substituents is 1. The number of hydrogen-bond donors (Lipinski definition) is 1. The number of non-ortho nitro benzene ring substituents is 1. The van der Waals surface area contributed by atoms with Gasteiger partial charge in [-0.05, 0) is 25.5 Å². The maximum atomic E-state index is 10.6. The van der Waals surface area contributed by atoms with Crippen molar-refractivity contribution < 1.29 is 19.6 Å². The molecule has 16 heavy (non-hydrogen) atoms. The fourth-order valence-electron chi connectivity index (χ4n) is 1.07. The number of carbonyl (C=O) groups is 1. The Morgan fingerprint density at radius 3 is 2.69 bits per heavy atom. The monoisotopic (exact) mass is 225 g/mol. The number of nitro groups is 1. The zero-order chi connectivity index (χ0) is 12.3. The highest BCUT2D eigenvalue weighted by Gasteiger charge is 2.16. The van der Waals surface area contributed by atoms with E-state index < -0.39 is 17.0 Å². The fraction of sp³-hybridized carbons (Fsp3) is 0.300. The van der Waals surface area contributed by atoms with E-state index in [0.29, 0.717) is 5.56 Å². The number of ether oxygens (including phenoxy) is 1. The van der Waals surface area contributed by atoms with E-state index in [0.717, 1.165) is 0 Å². The minimum atomic E-state index is -1.12. The van der Waals surface area contributed by atoms with Crippen LogP contribution in [0.2, 0.25) is 0 Å². The number of aliphatic carboxylic acids is 1. The van der Waals surface area contributed by atoms with Crippen LogP contribution in [0.5, 0.6) is 5.75 Å².